The second-order valence-electron chi connectivity index (χ2n) is 7.52. The Hall–Kier alpha value is -3.10. The third kappa shape index (κ3) is 4.79. The maximum Gasteiger partial charge on any atom is 0.409 e. The van der Waals surface area contributed by atoms with Gasteiger partial charge in [0.05, 0.1) is 31.4 Å². The Bertz CT molecular complexity index is 913. The van der Waals surface area contributed by atoms with Crippen LogP contribution in [0.15, 0.2) is 18.2 Å². The Morgan fingerprint density at radius 2 is 2.07 bits per heavy atom. The molecule has 0 atom stereocenters. The second kappa shape index (κ2) is 7.87. The standard InChI is InChI=1S/C19H25N5O4/c1-19(2,3)28-17(25)20-10-15-21-14-8-7-13(22-16(14)23-15)12-6-5-9-24(11-12)18(26)27-4/h6-8H,5,9-11H2,1-4H3,(H,20,25)(H,21,22,23). The smallest absolute Gasteiger partial charge is 0.409 e. The van der Waals surface area contributed by atoms with Gasteiger partial charge in [0, 0.05) is 6.54 Å². The molecule has 9 nitrogen and oxygen atoms in total. The van der Waals surface area contributed by atoms with E-state index in [1.165, 1.54) is 7.11 Å². The maximum absolute atomic E-state index is 11.8. The van der Waals surface area contributed by atoms with Gasteiger partial charge in [-0.15, -0.1) is 0 Å². The minimum atomic E-state index is -0.555. The van der Waals surface area contributed by atoms with Gasteiger partial charge in [0.1, 0.15) is 11.4 Å². The van der Waals surface area contributed by atoms with Gasteiger partial charge in [-0.05, 0) is 44.9 Å². The van der Waals surface area contributed by atoms with E-state index < -0.39 is 11.7 Å². The number of methoxy groups -OCH3 is 1. The zero-order chi connectivity index (χ0) is 20.3. The van der Waals surface area contributed by atoms with Crippen molar-refractivity contribution in [2.24, 2.45) is 0 Å². The third-order valence-corrected chi connectivity index (χ3v) is 4.11. The third-order valence-electron chi connectivity index (χ3n) is 4.11. The zero-order valence-electron chi connectivity index (χ0n) is 16.5. The number of alkyl carbamates (subject to hydrolysis) is 1. The van der Waals surface area contributed by atoms with Gasteiger partial charge in [-0.3, -0.25) is 0 Å². The van der Waals surface area contributed by atoms with Crippen molar-refractivity contribution in [3.8, 4) is 0 Å². The van der Waals surface area contributed by atoms with Gasteiger partial charge in [0.25, 0.3) is 0 Å². The largest absolute Gasteiger partial charge is 0.453 e. The van der Waals surface area contributed by atoms with Gasteiger partial charge in [-0.1, -0.05) is 6.08 Å². The molecule has 0 aromatic carbocycles. The Morgan fingerprint density at radius 3 is 2.79 bits per heavy atom. The van der Waals surface area contributed by atoms with Crippen LogP contribution in [0.1, 0.15) is 38.7 Å². The predicted octanol–water partition coefficient (Wildman–Crippen LogP) is 2.84. The van der Waals surface area contributed by atoms with Crippen LogP contribution in [-0.2, 0) is 16.0 Å². The van der Waals surface area contributed by atoms with Crippen molar-refractivity contribution >= 4 is 28.9 Å². The fraction of sp³-hybridized carbons (Fsp3) is 0.474. The van der Waals surface area contributed by atoms with Crippen LogP contribution in [0.25, 0.3) is 16.7 Å². The van der Waals surface area contributed by atoms with Crippen LogP contribution >= 0.6 is 0 Å². The number of pyridine rings is 1. The molecule has 3 rings (SSSR count). The van der Waals surface area contributed by atoms with Crippen molar-refractivity contribution in [2.45, 2.75) is 39.3 Å². The van der Waals surface area contributed by atoms with Gasteiger partial charge in [-0.2, -0.15) is 0 Å². The topological polar surface area (TPSA) is 109 Å². The van der Waals surface area contributed by atoms with Crippen LogP contribution < -0.4 is 5.32 Å². The van der Waals surface area contributed by atoms with E-state index >= 15 is 0 Å². The van der Waals surface area contributed by atoms with E-state index in [2.05, 4.69) is 26.3 Å². The average molecular weight is 387 g/mol. The summed E-state index contributed by atoms with van der Waals surface area (Å²) >= 11 is 0. The first-order valence-electron chi connectivity index (χ1n) is 9.10. The normalized spacial score (nSPS) is 14.6. The zero-order valence-corrected chi connectivity index (χ0v) is 16.5. The van der Waals surface area contributed by atoms with E-state index in [0.717, 1.165) is 23.2 Å². The number of ether oxygens (including phenoxy) is 2. The summed E-state index contributed by atoms with van der Waals surface area (Å²) in [6.07, 6.45) is 1.97. The molecule has 0 aliphatic carbocycles. The lowest BCUT2D eigenvalue weighted by Crippen LogP contribution is -2.35. The molecule has 1 aliphatic rings. The fourth-order valence-electron chi connectivity index (χ4n) is 2.89. The number of carbonyl (C=O) groups is 2. The Balaban J connectivity index is 1.70. The highest BCUT2D eigenvalue weighted by Crippen LogP contribution is 2.21. The highest BCUT2D eigenvalue weighted by atomic mass is 16.6. The number of fused-ring (bicyclic) bond motifs is 1. The molecule has 2 aromatic heterocycles. The van der Waals surface area contributed by atoms with Crippen molar-refractivity contribution in [3.05, 3.63) is 29.7 Å². The lowest BCUT2D eigenvalue weighted by atomic mass is 10.1. The SMILES string of the molecule is COC(=O)N1CCC=C(c2ccc3[nH]c(CNC(=O)OC(C)(C)C)nc3n2)C1. The molecule has 28 heavy (non-hydrogen) atoms. The number of aromatic nitrogens is 3. The molecular weight excluding hydrogens is 362 g/mol. The number of imidazole rings is 1. The van der Waals surface area contributed by atoms with Gasteiger partial charge in [0.2, 0.25) is 0 Å². The monoisotopic (exact) mass is 387 g/mol. The number of amides is 2. The molecule has 150 valence electrons. The molecule has 0 unspecified atom stereocenters. The summed E-state index contributed by atoms with van der Waals surface area (Å²) in [5, 5.41) is 2.67. The number of nitrogens with one attached hydrogen (secondary N) is 2. The minimum Gasteiger partial charge on any atom is -0.453 e. The maximum atomic E-state index is 11.8. The summed E-state index contributed by atoms with van der Waals surface area (Å²) in [5.41, 5.74) is 2.48. The fourth-order valence-corrected chi connectivity index (χ4v) is 2.89. The highest BCUT2D eigenvalue weighted by molar-refractivity contribution is 5.78. The van der Waals surface area contributed by atoms with E-state index in [-0.39, 0.29) is 12.6 Å². The number of aromatic amines is 1. The quantitative estimate of drug-likeness (QED) is 0.838. The van der Waals surface area contributed by atoms with Crippen molar-refractivity contribution in [1.82, 2.24) is 25.2 Å². The first-order valence-corrected chi connectivity index (χ1v) is 9.10. The van der Waals surface area contributed by atoms with Gasteiger partial charge in [-0.25, -0.2) is 19.6 Å². The van der Waals surface area contributed by atoms with Crippen LogP contribution in [0.5, 0.6) is 0 Å². The van der Waals surface area contributed by atoms with E-state index in [1.54, 1.807) is 25.7 Å². The van der Waals surface area contributed by atoms with Crippen molar-refractivity contribution in [3.63, 3.8) is 0 Å². The Morgan fingerprint density at radius 1 is 1.29 bits per heavy atom. The molecule has 2 amide bonds. The molecule has 0 radical (unpaired) electrons. The van der Waals surface area contributed by atoms with Gasteiger partial charge in [0.15, 0.2) is 5.65 Å². The van der Waals surface area contributed by atoms with Crippen molar-refractivity contribution in [1.29, 1.82) is 0 Å². The molecule has 2 aromatic rings. The molecule has 3 heterocycles. The highest BCUT2D eigenvalue weighted by Gasteiger charge is 2.21. The first-order chi connectivity index (χ1) is 13.2. The molecule has 0 saturated heterocycles. The number of nitrogens with zero attached hydrogens (tertiary/aromatic N) is 3. The summed E-state index contributed by atoms with van der Waals surface area (Å²) in [4.78, 5) is 37.3. The van der Waals surface area contributed by atoms with Gasteiger partial charge >= 0.3 is 12.2 Å². The number of carbonyl (C=O) groups excluding carboxylic acids is 2. The number of rotatable bonds is 3. The van der Waals surface area contributed by atoms with Crippen LogP contribution in [0.2, 0.25) is 0 Å². The first kappa shape index (κ1) is 19.7. The van der Waals surface area contributed by atoms with E-state index in [9.17, 15) is 9.59 Å². The molecule has 0 saturated carbocycles. The minimum absolute atomic E-state index is 0.208. The van der Waals surface area contributed by atoms with E-state index in [4.69, 9.17) is 9.47 Å². The summed E-state index contributed by atoms with van der Waals surface area (Å²) in [6.45, 7) is 6.70. The molecule has 2 N–H and O–H groups in total. The van der Waals surface area contributed by atoms with Gasteiger partial charge < -0.3 is 24.7 Å². The molecule has 0 spiro atoms. The lowest BCUT2D eigenvalue weighted by Gasteiger charge is -2.25. The Labute approximate surface area is 163 Å². The van der Waals surface area contributed by atoms with Crippen LogP contribution in [0, 0.1) is 0 Å². The predicted molar refractivity (Wildman–Crippen MR) is 104 cm³/mol. The van der Waals surface area contributed by atoms with Crippen LogP contribution in [0.4, 0.5) is 9.59 Å². The molecule has 1 aliphatic heterocycles. The number of hydrogen-bond donors (Lipinski definition) is 2. The number of hydrogen-bond acceptors (Lipinski definition) is 6. The summed E-state index contributed by atoms with van der Waals surface area (Å²) in [7, 11) is 1.38. The van der Waals surface area contributed by atoms with Crippen molar-refractivity contribution in [2.75, 3.05) is 20.2 Å². The summed E-state index contributed by atoms with van der Waals surface area (Å²) in [5.74, 6) is 0.583. The molecule has 9 heteroatoms. The van der Waals surface area contributed by atoms with Crippen LogP contribution in [0.3, 0.4) is 0 Å². The molecular formula is C19H25N5O4. The molecule has 0 fully saturated rings. The summed E-state index contributed by atoms with van der Waals surface area (Å²) in [6, 6.07) is 3.78. The number of H-pyrrole nitrogens is 1. The van der Waals surface area contributed by atoms with E-state index in [0.29, 0.717) is 24.6 Å². The van der Waals surface area contributed by atoms with Crippen LogP contribution in [-0.4, -0.2) is 57.8 Å². The summed E-state index contributed by atoms with van der Waals surface area (Å²) < 4.78 is 10.0. The average Bonchev–Trinajstić information content (AvgIpc) is 3.06. The van der Waals surface area contributed by atoms with Crippen molar-refractivity contribution < 1.29 is 19.1 Å². The Kier molecular flexibility index (Phi) is 5.53. The molecule has 0 bridgehead atoms. The van der Waals surface area contributed by atoms with E-state index in [1.807, 2.05) is 12.1 Å². The second-order valence-corrected chi connectivity index (χ2v) is 7.52. The lowest BCUT2D eigenvalue weighted by molar-refractivity contribution is 0.0522.